The molecule has 0 aromatic heterocycles. The molecule has 4 fully saturated rings. The fraction of sp³-hybridized carbons (Fsp3) is 0.857. The summed E-state index contributed by atoms with van der Waals surface area (Å²) in [7, 11) is 0. The van der Waals surface area contributed by atoms with Crippen molar-refractivity contribution in [3.63, 3.8) is 0 Å². The summed E-state index contributed by atoms with van der Waals surface area (Å²) < 4.78 is 5.41. The van der Waals surface area contributed by atoms with Crippen LogP contribution in [0.25, 0.3) is 0 Å². The van der Waals surface area contributed by atoms with Crippen LogP contribution in [0.1, 0.15) is 45.4 Å². The van der Waals surface area contributed by atoms with Gasteiger partial charge in [-0.05, 0) is 56.3 Å². The molecule has 18 heavy (non-hydrogen) atoms. The van der Waals surface area contributed by atoms with E-state index in [4.69, 9.17) is 4.74 Å². The third-order valence-electron chi connectivity index (χ3n) is 5.35. The van der Waals surface area contributed by atoms with Crippen LogP contribution in [0, 0.1) is 23.7 Å². The molecule has 4 saturated carbocycles. The first-order chi connectivity index (χ1) is 8.54. The van der Waals surface area contributed by atoms with Crippen LogP contribution in [0.15, 0.2) is 0 Å². The van der Waals surface area contributed by atoms with Gasteiger partial charge in [0.2, 0.25) is 0 Å². The maximum absolute atomic E-state index is 11.4. The van der Waals surface area contributed by atoms with Crippen molar-refractivity contribution in [2.24, 2.45) is 23.7 Å². The van der Waals surface area contributed by atoms with Crippen molar-refractivity contribution in [3.05, 3.63) is 0 Å². The number of carbonyl (C=O) groups excluding carboxylic acids is 2. The number of esters is 1. The maximum Gasteiger partial charge on any atom is 0.354 e. The molecule has 0 N–H and O–H groups in total. The van der Waals surface area contributed by atoms with E-state index in [0.717, 1.165) is 19.3 Å². The smallest absolute Gasteiger partial charge is 0.354 e. The molecule has 0 aliphatic heterocycles. The van der Waals surface area contributed by atoms with E-state index in [1.807, 2.05) is 0 Å². The SMILES string of the molecule is CCC1C2CC3CC(C2)CC1(OC(=O)C(=O)[O-])C3. The van der Waals surface area contributed by atoms with Gasteiger partial charge < -0.3 is 14.6 Å². The van der Waals surface area contributed by atoms with E-state index >= 15 is 0 Å². The highest BCUT2D eigenvalue weighted by molar-refractivity contribution is 6.27. The van der Waals surface area contributed by atoms with Crippen molar-refractivity contribution in [2.75, 3.05) is 0 Å². The van der Waals surface area contributed by atoms with Crippen molar-refractivity contribution in [1.29, 1.82) is 0 Å². The lowest BCUT2D eigenvalue weighted by Gasteiger charge is -2.60. The molecule has 4 heteroatoms. The van der Waals surface area contributed by atoms with E-state index in [2.05, 4.69) is 6.92 Å². The minimum absolute atomic E-state index is 0.341. The number of rotatable bonds is 2. The Labute approximate surface area is 107 Å². The third kappa shape index (κ3) is 1.65. The zero-order valence-corrected chi connectivity index (χ0v) is 10.7. The second kappa shape index (κ2) is 3.97. The summed E-state index contributed by atoms with van der Waals surface area (Å²) >= 11 is 0. The molecule has 4 nitrogen and oxygen atoms in total. The maximum atomic E-state index is 11.4. The van der Waals surface area contributed by atoms with Crippen LogP contribution in [-0.2, 0) is 14.3 Å². The van der Waals surface area contributed by atoms with Gasteiger partial charge in [0.15, 0.2) is 5.97 Å². The molecule has 3 atom stereocenters. The van der Waals surface area contributed by atoms with Crippen LogP contribution in [0.4, 0.5) is 0 Å². The quantitative estimate of drug-likeness (QED) is 0.540. The molecular formula is C14H19O4-. The van der Waals surface area contributed by atoms with E-state index in [-0.39, 0.29) is 0 Å². The average molecular weight is 251 g/mol. The number of carbonyl (C=O) groups is 2. The van der Waals surface area contributed by atoms with Gasteiger partial charge in [0.25, 0.3) is 0 Å². The molecule has 0 radical (unpaired) electrons. The number of ether oxygens (including phenoxy) is 1. The van der Waals surface area contributed by atoms with Crippen molar-refractivity contribution >= 4 is 11.9 Å². The Kier molecular flexibility index (Phi) is 2.65. The Morgan fingerprint density at radius 1 is 1.22 bits per heavy atom. The van der Waals surface area contributed by atoms with Crippen molar-refractivity contribution in [1.82, 2.24) is 0 Å². The summed E-state index contributed by atoms with van der Waals surface area (Å²) in [5, 5.41) is 10.6. The molecule has 3 unspecified atom stereocenters. The van der Waals surface area contributed by atoms with Gasteiger partial charge in [0.1, 0.15) is 5.60 Å². The predicted octanol–water partition coefficient (Wildman–Crippen LogP) is 0.884. The minimum atomic E-state index is -1.71. The van der Waals surface area contributed by atoms with Gasteiger partial charge in [0, 0.05) is 5.92 Å². The molecule has 4 rings (SSSR count). The normalized spacial score (nSPS) is 44.9. The Bertz CT molecular complexity index is 375. The zero-order chi connectivity index (χ0) is 12.9. The monoisotopic (exact) mass is 251 g/mol. The summed E-state index contributed by atoms with van der Waals surface area (Å²) in [4.78, 5) is 22.0. The van der Waals surface area contributed by atoms with Gasteiger partial charge in [0.05, 0.1) is 0 Å². The highest BCUT2D eigenvalue weighted by Gasteiger charge is 2.58. The summed E-state index contributed by atoms with van der Waals surface area (Å²) in [5.74, 6) is -0.667. The van der Waals surface area contributed by atoms with Crippen LogP contribution in [-0.4, -0.2) is 17.5 Å². The van der Waals surface area contributed by atoms with Crippen LogP contribution >= 0.6 is 0 Å². The lowest BCUT2D eigenvalue weighted by molar-refractivity contribution is -0.308. The first-order valence-electron chi connectivity index (χ1n) is 6.98. The molecular weight excluding hydrogens is 232 g/mol. The first kappa shape index (κ1) is 12.0. The van der Waals surface area contributed by atoms with Gasteiger partial charge in [-0.1, -0.05) is 6.92 Å². The molecule has 100 valence electrons. The van der Waals surface area contributed by atoms with Crippen molar-refractivity contribution in [3.8, 4) is 0 Å². The fourth-order valence-corrected chi connectivity index (χ4v) is 5.16. The molecule has 0 heterocycles. The molecule has 0 spiro atoms. The molecule has 4 aliphatic carbocycles. The zero-order valence-electron chi connectivity index (χ0n) is 10.7. The van der Waals surface area contributed by atoms with E-state index in [9.17, 15) is 14.7 Å². The lowest BCUT2D eigenvalue weighted by Crippen LogP contribution is -2.60. The van der Waals surface area contributed by atoms with E-state index in [1.165, 1.54) is 19.3 Å². The molecule has 0 aromatic carbocycles. The van der Waals surface area contributed by atoms with Gasteiger partial charge in [-0.15, -0.1) is 0 Å². The van der Waals surface area contributed by atoms with Crippen LogP contribution in [0.5, 0.6) is 0 Å². The standard InChI is InChI=1S/C14H20O4/c1-2-11-10-4-8-3-9(5-10)7-14(11,6-8)18-13(17)12(15)16/h8-11H,2-7H2,1H3,(H,15,16)/p-1. The van der Waals surface area contributed by atoms with Crippen molar-refractivity contribution in [2.45, 2.75) is 51.0 Å². The number of aliphatic carboxylic acids is 1. The topological polar surface area (TPSA) is 66.4 Å². The minimum Gasteiger partial charge on any atom is -0.539 e. The molecule has 4 bridgehead atoms. The molecule has 0 amide bonds. The summed E-state index contributed by atoms with van der Waals surface area (Å²) in [6, 6.07) is 0. The lowest BCUT2D eigenvalue weighted by atomic mass is 9.49. The number of carboxylic acid groups (broad SMARTS) is 1. The van der Waals surface area contributed by atoms with E-state index < -0.39 is 17.5 Å². The van der Waals surface area contributed by atoms with Gasteiger partial charge in [-0.2, -0.15) is 0 Å². The first-order valence-corrected chi connectivity index (χ1v) is 6.98. The van der Waals surface area contributed by atoms with Gasteiger partial charge >= 0.3 is 5.97 Å². The van der Waals surface area contributed by atoms with Gasteiger partial charge in [-0.3, -0.25) is 0 Å². The second-order valence-corrected chi connectivity index (χ2v) is 6.36. The number of hydrogen-bond acceptors (Lipinski definition) is 4. The van der Waals surface area contributed by atoms with Crippen LogP contribution in [0.2, 0.25) is 0 Å². The van der Waals surface area contributed by atoms with E-state index in [0.29, 0.717) is 23.7 Å². The predicted molar refractivity (Wildman–Crippen MR) is 61.2 cm³/mol. The second-order valence-electron chi connectivity index (χ2n) is 6.36. The summed E-state index contributed by atoms with van der Waals surface area (Å²) in [6.45, 7) is 2.11. The Morgan fingerprint density at radius 2 is 1.83 bits per heavy atom. The number of hydrogen-bond donors (Lipinski definition) is 0. The van der Waals surface area contributed by atoms with E-state index in [1.54, 1.807) is 0 Å². The highest BCUT2D eigenvalue weighted by atomic mass is 16.6. The highest BCUT2D eigenvalue weighted by Crippen LogP contribution is 2.60. The van der Waals surface area contributed by atoms with Crippen molar-refractivity contribution < 1.29 is 19.4 Å². The largest absolute Gasteiger partial charge is 0.539 e. The molecule has 0 saturated heterocycles. The Balaban J connectivity index is 1.87. The fourth-order valence-electron chi connectivity index (χ4n) is 5.16. The third-order valence-corrected chi connectivity index (χ3v) is 5.35. The average Bonchev–Trinajstić information content (AvgIpc) is 2.27. The molecule has 0 aromatic rings. The van der Waals surface area contributed by atoms with Crippen LogP contribution in [0.3, 0.4) is 0 Å². The van der Waals surface area contributed by atoms with Crippen LogP contribution < -0.4 is 5.11 Å². The molecule has 4 aliphatic rings. The number of carboxylic acids is 1. The summed E-state index contributed by atoms with van der Waals surface area (Å²) in [5.41, 5.74) is -0.499. The summed E-state index contributed by atoms with van der Waals surface area (Å²) in [6.07, 6.45) is 6.39. The van der Waals surface area contributed by atoms with Gasteiger partial charge in [-0.25, -0.2) is 4.79 Å². The Hall–Kier alpha value is -1.06. The Morgan fingerprint density at radius 3 is 2.33 bits per heavy atom.